The van der Waals surface area contributed by atoms with E-state index in [1.54, 1.807) is 36.4 Å². The topological polar surface area (TPSA) is 94.4 Å². The highest BCUT2D eigenvalue weighted by molar-refractivity contribution is 6.33. The van der Waals surface area contributed by atoms with Gasteiger partial charge in [-0.25, -0.2) is 4.90 Å². The standard InChI is InChI=1S/C19H15Cl2N5O3/c1-10-2-7-14(13(21)8-10)22-15(27)9-25-17-16(23-24-25)18(28)26(19(17)29)12-5-3-11(20)4-6-12/h2-8,16-17H,9H2,1H3,(H,22,27)/t16-,17-/m0/s1. The summed E-state index contributed by atoms with van der Waals surface area (Å²) in [5, 5.41) is 12.5. The van der Waals surface area contributed by atoms with E-state index in [0.717, 1.165) is 10.5 Å². The third-order valence-corrected chi connectivity index (χ3v) is 5.21. The lowest BCUT2D eigenvalue weighted by Crippen LogP contribution is -2.43. The van der Waals surface area contributed by atoms with Crippen molar-refractivity contribution in [3.63, 3.8) is 0 Å². The largest absolute Gasteiger partial charge is 0.323 e. The number of hydrogen-bond acceptors (Lipinski definition) is 6. The van der Waals surface area contributed by atoms with Crippen molar-refractivity contribution in [2.24, 2.45) is 10.3 Å². The summed E-state index contributed by atoms with van der Waals surface area (Å²) >= 11 is 12.0. The highest BCUT2D eigenvalue weighted by Gasteiger charge is 2.55. The Bertz CT molecular complexity index is 1040. The fraction of sp³-hybridized carbons (Fsp3) is 0.211. The third kappa shape index (κ3) is 3.56. The van der Waals surface area contributed by atoms with E-state index < -0.39 is 29.8 Å². The molecule has 4 rings (SSSR count). The number of anilines is 2. The minimum atomic E-state index is -0.978. The lowest BCUT2D eigenvalue weighted by atomic mass is 10.1. The molecule has 148 valence electrons. The Morgan fingerprint density at radius 3 is 2.52 bits per heavy atom. The van der Waals surface area contributed by atoms with Crippen molar-refractivity contribution >= 4 is 52.3 Å². The van der Waals surface area contributed by atoms with Crippen LogP contribution in [0.15, 0.2) is 52.8 Å². The van der Waals surface area contributed by atoms with Crippen LogP contribution >= 0.6 is 23.2 Å². The monoisotopic (exact) mass is 431 g/mol. The summed E-state index contributed by atoms with van der Waals surface area (Å²) in [6.07, 6.45) is 0. The van der Waals surface area contributed by atoms with E-state index in [4.69, 9.17) is 23.2 Å². The molecule has 0 radical (unpaired) electrons. The number of nitrogens with one attached hydrogen (secondary N) is 1. The molecule has 0 aliphatic carbocycles. The number of amides is 3. The summed E-state index contributed by atoms with van der Waals surface area (Å²) in [6.45, 7) is 1.64. The normalized spacial score (nSPS) is 20.4. The Morgan fingerprint density at radius 1 is 1.10 bits per heavy atom. The van der Waals surface area contributed by atoms with Gasteiger partial charge in [-0.15, -0.1) is 0 Å². The van der Waals surface area contributed by atoms with Gasteiger partial charge in [0.15, 0.2) is 12.1 Å². The van der Waals surface area contributed by atoms with E-state index >= 15 is 0 Å². The van der Waals surface area contributed by atoms with Gasteiger partial charge in [0.05, 0.1) is 16.4 Å². The molecule has 8 nitrogen and oxygen atoms in total. The molecule has 1 fully saturated rings. The molecule has 10 heteroatoms. The lowest BCUT2D eigenvalue weighted by Gasteiger charge is -2.20. The molecule has 3 amide bonds. The van der Waals surface area contributed by atoms with E-state index in [0.29, 0.717) is 21.4 Å². The summed E-state index contributed by atoms with van der Waals surface area (Å²) < 4.78 is 0. The van der Waals surface area contributed by atoms with Crippen molar-refractivity contribution < 1.29 is 14.4 Å². The molecule has 29 heavy (non-hydrogen) atoms. The molecule has 0 bridgehead atoms. The molecule has 1 N–H and O–H groups in total. The quantitative estimate of drug-likeness (QED) is 0.751. The van der Waals surface area contributed by atoms with Crippen LogP contribution in [0.5, 0.6) is 0 Å². The first-order chi connectivity index (χ1) is 13.8. The predicted octanol–water partition coefficient (Wildman–Crippen LogP) is 3.23. The van der Waals surface area contributed by atoms with E-state index in [1.165, 1.54) is 5.01 Å². The number of benzene rings is 2. The molecule has 2 aliphatic rings. The fourth-order valence-electron chi connectivity index (χ4n) is 3.26. The molecule has 0 spiro atoms. The van der Waals surface area contributed by atoms with Crippen LogP contribution in [0, 0.1) is 6.92 Å². The maximum Gasteiger partial charge on any atom is 0.263 e. The molecule has 2 aromatic carbocycles. The van der Waals surface area contributed by atoms with Crippen molar-refractivity contribution in [3.8, 4) is 0 Å². The number of hydrogen-bond donors (Lipinski definition) is 1. The lowest BCUT2D eigenvalue weighted by molar-refractivity contribution is -0.123. The molecule has 2 aliphatic heterocycles. The molecule has 2 heterocycles. The number of fused-ring (bicyclic) bond motifs is 1. The van der Waals surface area contributed by atoms with Gasteiger partial charge in [-0.2, -0.15) is 5.11 Å². The highest BCUT2D eigenvalue weighted by Crippen LogP contribution is 2.32. The van der Waals surface area contributed by atoms with Crippen LogP contribution in [0.4, 0.5) is 11.4 Å². The zero-order valence-electron chi connectivity index (χ0n) is 15.2. The Hall–Kier alpha value is -2.97. The number of nitrogens with zero attached hydrogens (tertiary/aromatic N) is 4. The average Bonchev–Trinajstić information content (AvgIpc) is 3.19. The first kappa shape index (κ1) is 19.4. The summed E-state index contributed by atoms with van der Waals surface area (Å²) in [5.41, 5.74) is 1.80. The number of carbonyl (C=O) groups is 3. The average molecular weight is 432 g/mol. The van der Waals surface area contributed by atoms with Gasteiger partial charge >= 0.3 is 0 Å². The maximum atomic E-state index is 12.9. The van der Waals surface area contributed by atoms with Gasteiger partial charge in [-0.3, -0.25) is 19.4 Å². The van der Waals surface area contributed by atoms with Crippen LogP contribution in [-0.4, -0.2) is 41.4 Å². The van der Waals surface area contributed by atoms with Crippen molar-refractivity contribution in [1.29, 1.82) is 0 Å². The van der Waals surface area contributed by atoms with Crippen molar-refractivity contribution in [1.82, 2.24) is 5.01 Å². The summed E-state index contributed by atoms with van der Waals surface area (Å²) in [7, 11) is 0. The zero-order valence-corrected chi connectivity index (χ0v) is 16.7. The first-order valence-corrected chi connectivity index (χ1v) is 9.47. The molecule has 1 saturated heterocycles. The maximum absolute atomic E-state index is 12.9. The van der Waals surface area contributed by atoms with Gasteiger partial charge in [0.2, 0.25) is 5.91 Å². The third-order valence-electron chi connectivity index (χ3n) is 4.65. The van der Waals surface area contributed by atoms with Gasteiger partial charge < -0.3 is 5.32 Å². The SMILES string of the molecule is Cc1ccc(NC(=O)CN2N=N[C@@H]3C(=O)N(c4ccc(Cl)cc4)C(=O)[C@H]32)c(Cl)c1. The fourth-order valence-corrected chi connectivity index (χ4v) is 3.67. The van der Waals surface area contributed by atoms with E-state index in [9.17, 15) is 14.4 Å². The predicted molar refractivity (Wildman–Crippen MR) is 108 cm³/mol. The second kappa shape index (κ2) is 7.46. The summed E-state index contributed by atoms with van der Waals surface area (Å²) in [5.74, 6) is -1.41. The Kier molecular flexibility index (Phi) is 4.97. The van der Waals surface area contributed by atoms with Crippen LogP contribution in [0.1, 0.15) is 5.56 Å². The van der Waals surface area contributed by atoms with Gasteiger partial charge in [0, 0.05) is 5.02 Å². The molecule has 2 aromatic rings. The molecular weight excluding hydrogens is 417 g/mol. The second-order valence-electron chi connectivity index (χ2n) is 6.71. The first-order valence-electron chi connectivity index (χ1n) is 8.72. The summed E-state index contributed by atoms with van der Waals surface area (Å²) in [4.78, 5) is 39.0. The van der Waals surface area contributed by atoms with Gasteiger partial charge in [0.1, 0.15) is 6.54 Å². The molecule has 0 unspecified atom stereocenters. The van der Waals surface area contributed by atoms with E-state index in [1.807, 2.05) is 13.0 Å². The van der Waals surface area contributed by atoms with E-state index in [-0.39, 0.29) is 6.54 Å². The molecule has 0 saturated carbocycles. The minimum Gasteiger partial charge on any atom is -0.323 e. The van der Waals surface area contributed by atoms with E-state index in [2.05, 4.69) is 15.7 Å². The summed E-state index contributed by atoms with van der Waals surface area (Å²) in [6, 6.07) is 9.62. The Labute approximate surface area is 176 Å². The highest BCUT2D eigenvalue weighted by atomic mass is 35.5. The Morgan fingerprint density at radius 2 is 1.83 bits per heavy atom. The van der Waals surface area contributed by atoms with Crippen LogP contribution in [0.3, 0.4) is 0 Å². The van der Waals surface area contributed by atoms with Crippen molar-refractivity contribution in [2.75, 3.05) is 16.8 Å². The molecule has 2 atom stereocenters. The number of halogens is 2. The van der Waals surface area contributed by atoms with Gasteiger partial charge in [0.25, 0.3) is 11.8 Å². The smallest absolute Gasteiger partial charge is 0.263 e. The van der Waals surface area contributed by atoms with Gasteiger partial charge in [-0.1, -0.05) is 34.5 Å². The number of rotatable bonds is 4. The van der Waals surface area contributed by atoms with Crippen LogP contribution in [0.2, 0.25) is 10.0 Å². The zero-order chi connectivity index (χ0) is 20.7. The number of aryl methyl sites for hydroxylation is 1. The second-order valence-corrected chi connectivity index (χ2v) is 7.56. The number of carbonyl (C=O) groups excluding carboxylic acids is 3. The minimum absolute atomic E-state index is 0.248. The Balaban J connectivity index is 1.49. The molecule has 0 aromatic heterocycles. The van der Waals surface area contributed by atoms with Crippen LogP contribution in [0.25, 0.3) is 0 Å². The van der Waals surface area contributed by atoms with Gasteiger partial charge in [-0.05, 0) is 48.9 Å². The molecular formula is C19H15Cl2N5O3. The van der Waals surface area contributed by atoms with Crippen molar-refractivity contribution in [2.45, 2.75) is 19.0 Å². The van der Waals surface area contributed by atoms with Crippen molar-refractivity contribution in [3.05, 3.63) is 58.1 Å². The van der Waals surface area contributed by atoms with Crippen LogP contribution in [-0.2, 0) is 14.4 Å². The number of imide groups is 1. The van der Waals surface area contributed by atoms with Crippen LogP contribution < -0.4 is 10.2 Å².